The van der Waals surface area contributed by atoms with Crippen molar-refractivity contribution in [1.29, 1.82) is 0 Å². The van der Waals surface area contributed by atoms with Crippen molar-refractivity contribution in [3.05, 3.63) is 54.4 Å². The molecule has 0 aliphatic heterocycles. The molecule has 0 radical (unpaired) electrons. The molecule has 0 aliphatic carbocycles. The lowest BCUT2D eigenvalue weighted by molar-refractivity contribution is -0.134. The van der Waals surface area contributed by atoms with Gasteiger partial charge in [-0.2, -0.15) is 0 Å². The quantitative estimate of drug-likeness (QED) is 0.235. The van der Waals surface area contributed by atoms with Crippen LogP contribution >= 0.6 is 0 Å². The molecule has 42 heavy (non-hydrogen) atoms. The van der Waals surface area contributed by atoms with Gasteiger partial charge in [0.15, 0.2) is 23.0 Å². The van der Waals surface area contributed by atoms with E-state index in [9.17, 15) is 28.8 Å². The van der Waals surface area contributed by atoms with Gasteiger partial charge < -0.3 is 18.9 Å². The van der Waals surface area contributed by atoms with E-state index in [1.807, 2.05) is 0 Å². The smallest absolute Gasteiger partial charge is 0.308 e. The highest BCUT2D eigenvalue weighted by Gasteiger charge is 2.24. The number of ether oxygens (including phenoxy) is 4. The zero-order chi connectivity index (χ0) is 31.0. The van der Waals surface area contributed by atoms with E-state index in [0.29, 0.717) is 38.5 Å². The van der Waals surface area contributed by atoms with E-state index < -0.39 is 23.9 Å². The van der Waals surface area contributed by atoms with E-state index in [-0.39, 0.29) is 34.8 Å². The number of carbonyl (C=O) groups is 6. The van der Waals surface area contributed by atoms with Gasteiger partial charge in [0.05, 0.1) is 11.0 Å². The minimum atomic E-state index is -0.666. The van der Waals surface area contributed by atoms with E-state index >= 15 is 0 Å². The molecule has 0 spiro atoms. The van der Waals surface area contributed by atoms with Gasteiger partial charge >= 0.3 is 23.9 Å². The monoisotopic (exact) mass is 574 g/mol. The van der Waals surface area contributed by atoms with Gasteiger partial charge in [0.25, 0.3) is 0 Å². The maximum Gasteiger partial charge on any atom is 0.308 e. The largest absolute Gasteiger partial charge is 0.423 e. The number of rotatable bonds is 6. The molecule has 4 rings (SSSR count). The number of hydrogen-bond acceptors (Lipinski definition) is 10. The summed E-state index contributed by atoms with van der Waals surface area (Å²) in [6.45, 7) is 11.6. The standard InChI is InChI=1S/C30H26N2O10/c1-14(23-12-31(15(2)33)25-10-29(41-19(6)37)27(8-21(23)25)39-17(4)35)24-13-32(16(3)34)26-11-30(42-20(7)38)28(9-22(24)26)40-18(5)36/h8-13H,1H2,2-7H3. The van der Waals surface area contributed by atoms with Crippen LogP contribution in [0.4, 0.5) is 0 Å². The number of hydrogen-bond donors (Lipinski definition) is 0. The Hall–Kier alpha value is -5.52. The predicted octanol–water partition coefficient (Wildman–Crippen LogP) is 4.68. The molecule has 12 heteroatoms. The van der Waals surface area contributed by atoms with Crippen molar-refractivity contribution in [2.24, 2.45) is 0 Å². The fraction of sp³-hybridized carbons (Fsp3) is 0.200. The molecule has 0 amide bonds. The number of fused-ring (bicyclic) bond motifs is 2. The molecule has 12 nitrogen and oxygen atoms in total. The van der Waals surface area contributed by atoms with Crippen molar-refractivity contribution < 1.29 is 47.7 Å². The Bertz CT molecular complexity index is 1740. The average molecular weight is 575 g/mol. The maximum atomic E-state index is 12.6. The van der Waals surface area contributed by atoms with Crippen LogP contribution in [0.15, 0.2) is 43.2 Å². The van der Waals surface area contributed by atoms with Gasteiger partial charge in [0.2, 0.25) is 11.8 Å². The fourth-order valence-corrected chi connectivity index (χ4v) is 4.55. The van der Waals surface area contributed by atoms with Crippen LogP contribution in [0.5, 0.6) is 23.0 Å². The number of carbonyl (C=O) groups excluding carboxylic acids is 6. The molecule has 4 aromatic rings. The number of benzene rings is 2. The summed E-state index contributed by atoms with van der Waals surface area (Å²) in [5.41, 5.74) is 1.85. The molecule has 0 atom stereocenters. The third-order valence-corrected chi connectivity index (χ3v) is 6.08. The van der Waals surface area contributed by atoms with Crippen molar-refractivity contribution in [3.8, 4) is 23.0 Å². The Morgan fingerprint density at radius 3 is 1.07 bits per heavy atom. The summed E-state index contributed by atoms with van der Waals surface area (Å²) in [5.74, 6) is -3.67. The molecule has 216 valence electrons. The molecule has 0 aliphatic rings. The summed E-state index contributed by atoms with van der Waals surface area (Å²) in [4.78, 5) is 72.3. The predicted molar refractivity (Wildman–Crippen MR) is 150 cm³/mol. The highest BCUT2D eigenvalue weighted by Crippen LogP contribution is 2.42. The minimum Gasteiger partial charge on any atom is -0.423 e. The van der Waals surface area contributed by atoms with Crippen molar-refractivity contribution >= 4 is 63.1 Å². The first-order valence-electron chi connectivity index (χ1n) is 12.5. The van der Waals surface area contributed by atoms with E-state index in [2.05, 4.69) is 6.58 Å². The Labute approximate surface area is 239 Å². The van der Waals surface area contributed by atoms with E-state index in [1.54, 1.807) is 0 Å². The molecule has 0 saturated heterocycles. The van der Waals surface area contributed by atoms with Crippen molar-refractivity contribution in [3.63, 3.8) is 0 Å². The third-order valence-electron chi connectivity index (χ3n) is 6.08. The zero-order valence-corrected chi connectivity index (χ0v) is 23.6. The second-order valence-corrected chi connectivity index (χ2v) is 9.35. The van der Waals surface area contributed by atoms with Crippen LogP contribution < -0.4 is 18.9 Å². The third kappa shape index (κ3) is 5.68. The van der Waals surface area contributed by atoms with Gasteiger partial charge in [-0.25, -0.2) is 0 Å². The minimum absolute atomic E-state index is 0.0603. The maximum absolute atomic E-state index is 12.6. The van der Waals surface area contributed by atoms with Crippen LogP contribution in [0.2, 0.25) is 0 Å². The molecule has 0 N–H and O–H groups in total. The van der Waals surface area contributed by atoms with Crippen LogP contribution in [0.25, 0.3) is 27.4 Å². The Balaban J connectivity index is 2.02. The van der Waals surface area contributed by atoms with Gasteiger partial charge in [-0.1, -0.05) is 6.58 Å². The van der Waals surface area contributed by atoms with Gasteiger partial charge in [-0.05, 0) is 17.7 Å². The Kier molecular flexibility index (Phi) is 7.83. The second-order valence-electron chi connectivity index (χ2n) is 9.35. The first-order chi connectivity index (χ1) is 19.7. The SMILES string of the molecule is C=C(c1cn(C(C)=O)c2cc(OC(C)=O)c(OC(C)=O)cc12)c1cn(C(C)=O)c2cc(OC(C)=O)c(OC(C)=O)cc12. The number of nitrogens with zero attached hydrogens (tertiary/aromatic N) is 2. The molecule has 0 unspecified atom stereocenters. The summed E-state index contributed by atoms with van der Waals surface area (Å²) in [6.07, 6.45) is 3.03. The highest BCUT2D eigenvalue weighted by molar-refractivity contribution is 6.08. The lowest BCUT2D eigenvalue weighted by Gasteiger charge is -2.11. The molecule has 2 aromatic carbocycles. The zero-order valence-electron chi connectivity index (χ0n) is 23.6. The summed E-state index contributed by atoms with van der Waals surface area (Å²) in [7, 11) is 0. The van der Waals surface area contributed by atoms with Gasteiger partial charge in [-0.3, -0.25) is 37.9 Å². The van der Waals surface area contributed by atoms with E-state index in [0.717, 1.165) is 0 Å². The first kappa shape index (κ1) is 29.5. The van der Waals surface area contributed by atoms with Crippen LogP contribution in [-0.2, 0) is 19.2 Å². The normalized spacial score (nSPS) is 10.8. The first-order valence-corrected chi connectivity index (χ1v) is 12.5. The molecular weight excluding hydrogens is 548 g/mol. The van der Waals surface area contributed by atoms with Crippen LogP contribution in [-0.4, -0.2) is 44.8 Å². The Morgan fingerprint density at radius 2 is 0.810 bits per heavy atom. The summed E-state index contributed by atoms with van der Waals surface area (Å²) < 4.78 is 23.7. The molecule has 2 aromatic heterocycles. The summed E-state index contributed by atoms with van der Waals surface area (Å²) in [5, 5.41) is 0.839. The summed E-state index contributed by atoms with van der Waals surface area (Å²) >= 11 is 0. The van der Waals surface area contributed by atoms with Gasteiger partial charge in [0.1, 0.15) is 0 Å². The van der Waals surface area contributed by atoms with Crippen LogP contribution in [0.3, 0.4) is 0 Å². The number of aromatic nitrogens is 2. The molecule has 0 bridgehead atoms. The van der Waals surface area contributed by atoms with Gasteiger partial charge in [0, 0.05) is 88.0 Å². The molecular formula is C30H26N2O10. The lowest BCUT2D eigenvalue weighted by Crippen LogP contribution is -2.08. The number of esters is 4. The van der Waals surface area contributed by atoms with Crippen molar-refractivity contribution in [2.45, 2.75) is 41.5 Å². The van der Waals surface area contributed by atoms with Crippen LogP contribution in [0.1, 0.15) is 62.3 Å². The van der Waals surface area contributed by atoms with Crippen molar-refractivity contribution in [2.75, 3.05) is 0 Å². The van der Waals surface area contributed by atoms with Crippen molar-refractivity contribution in [1.82, 2.24) is 9.13 Å². The van der Waals surface area contributed by atoms with E-state index in [4.69, 9.17) is 18.9 Å². The second kappa shape index (κ2) is 11.2. The molecule has 0 saturated carbocycles. The Morgan fingerprint density at radius 1 is 0.524 bits per heavy atom. The summed E-state index contributed by atoms with van der Waals surface area (Å²) in [6, 6.07) is 5.69. The van der Waals surface area contributed by atoms with Gasteiger partial charge in [-0.15, -0.1) is 0 Å². The lowest BCUT2D eigenvalue weighted by atomic mass is 9.98. The topological polar surface area (TPSA) is 149 Å². The molecule has 0 fully saturated rings. The fourth-order valence-electron chi connectivity index (χ4n) is 4.55. The van der Waals surface area contributed by atoms with E-state index in [1.165, 1.54) is 87.3 Å². The highest BCUT2D eigenvalue weighted by atomic mass is 16.6. The molecule has 2 heterocycles. The van der Waals surface area contributed by atoms with Crippen LogP contribution in [0, 0.1) is 0 Å². The average Bonchev–Trinajstić information content (AvgIpc) is 3.41.